The summed E-state index contributed by atoms with van der Waals surface area (Å²) in [6.07, 6.45) is 11.4. The van der Waals surface area contributed by atoms with Gasteiger partial charge in [0.05, 0.1) is 30.4 Å². The second kappa shape index (κ2) is 8.27. The first-order valence-electron chi connectivity index (χ1n) is 11.2. The van der Waals surface area contributed by atoms with Crippen molar-refractivity contribution in [2.24, 2.45) is 0 Å². The molecule has 6 rings (SSSR count). The van der Waals surface area contributed by atoms with Crippen LogP contribution in [0.15, 0.2) is 36.9 Å². The molecule has 1 aliphatic carbocycles. The Bertz CT molecular complexity index is 1210. The van der Waals surface area contributed by atoms with E-state index in [1.165, 1.54) is 0 Å². The first kappa shape index (κ1) is 19.3. The normalized spacial score (nSPS) is 21.8. The summed E-state index contributed by atoms with van der Waals surface area (Å²) in [7, 11) is 0. The largest absolute Gasteiger partial charge is 0.461 e. The molecular formula is C22H26N8O2. The number of H-pyrrole nitrogens is 1. The molecule has 5 heterocycles. The zero-order valence-electron chi connectivity index (χ0n) is 17.8. The van der Waals surface area contributed by atoms with Crippen LogP contribution in [0.2, 0.25) is 0 Å². The van der Waals surface area contributed by atoms with Gasteiger partial charge in [0.25, 0.3) is 0 Å². The van der Waals surface area contributed by atoms with Gasteiger partial charge in [-0.1, -0.05) is 0 Å². The Balaban J connectivity index is 1.12. The van der Waals surface area contributed by atoms with Crippen LogP contribution in [0.25, 0.3) is 16.7 Å². The summed E-state index contributed by atoms with van der Waals surface area (Å²) >= 11 is 0. The average molecular weight is 435 g/mol. The average Bonchev–Trinajstić information content (AvgIpc) is 3.50. The van der Waals surface area contributed by atoms with Gasteiger partial charge >= 0.3 is 6.01 Å². The van der Waals surface area contributed by atoms with Crippen LogP contribution in [0.3, 0.4) is 0 Å². The maximum Gasteiger partial charge on any atom is 0.304 e. The van der Waals surface area contributed by atoms with Gasteiger partial charge < -0.3 is 24.7 Å². The summed E-state index contributed by atoms with van der Waals surface area (Å²) < 4.78 is 13.8. The number of rotatable bonds is 5. The molecule has 0 spiro atoms. The maximum absolute atomic E-state index is 6.39. The molecule has 1 saturated heterocycles. The van der Waals surface area contributed by atoms with E-state index in [2.05, 4.69) is 30.2 Å². The van der Waals surface area contributed by atoms with Crippen molar-refractivity contribution in [1.29, 1.82) is 0 Å². The van der Waals surface area contributed by atoms with Crippen molar-refractivity contribution < 1.29 is 9.47 Å². The lowest BCUT2D eigenvalue weighted by Crippen LogP contribution is -2.37. The van der Waals surface area contributed by atoms with Crippen LogP contribution in [-0.4, -0.2) is 67.8 Å². The van der Waals surface area contributed by atoms with Crippen molar-refractivity contribution in [2.75, 3.05) is 36.5 Å². The van der Waals surface area contributed by atoms with Gasteiger partial charge in [-0.25, -0.2) is 15.0 Å². The van der Waals surface area contributed by atoms with E-state index >= 15 is 0 Å². The highest BCUT2D eigenvalue weighted by Gasteiger charge is 2.25. The summed E-state index contributed by atoms with van der Waals surface area (Å²) in [5, 5.41) is 3.48. The van der Waals surface area contributed by atoms with Crippen molar-refractivity contribution in [3.63, 3.8) is 0 Å². The molecule has 1 saturated carbocycles. The lowest BCUT2D eigenvalue weighted by Gasteiger charge is -2.30. The van der Waals surface area contributed by atoms with E-state index in [0.717, 1.165) is 74.5 Å². The maximum atomic E-state index is 6.39. The lowest BCUT2D eigenvalue weighted by molar-refractivity contribution is 0.121. The predicted molar refractivity (Wildman–Crippen MR) is 120 cm³/mol. The summed E-state index contributed by atoms with van der Waals surface area (Å²) in [5.74, 6) is 1.58. The topological polar surface area (TPSA) is 105 Å². The van der Waals surface area contributed by atoms with Gasteiger partial charge in [0, 0.05) is 43.8 Å². The first-order chi connectivity index (χ1) is 15.8. The Morgan fingerprint density at radius 2 is 1.97 bits per heavy atom. The molecule has 2 fully saturated rings. The highest BCUT2D eigenvalue weighted by molar-refractivity contribution is 5.74. The molecular weight excluding hydrogens is 408 g/mol. The molecule has 10 heteroatoms. The molecule has 0 aromatic carbocycles. The van der Waals surface area contributed by atoms with E-state index in [1.807, 2.05) is 35.1 Å². The van der Waals surface area contributed by atoms with E-state index in [-0.39, 0.29) is 6.10 Å². The number of fused-ring (bicyclic) bond motifs is 2. The van der Waals surface area contributed by atoms with Gasteiger partial charge in [-0.15, -0.1) is 0 Å². The molecule has 0 amide bonds. The summed E-state index contributed by atoms with van der Waals surface area (Å²) in [4.78, 5) is 23.7. The molecule has 2 N–H and O–H groups in total. The Kier molecular flexibility index (Phi) is 4.99. The fourth-order valence-electron chi connectivity index (χ4n) is 4.49. The molecule has 0 atom stereocenters. The molecule has 32 heavy (non-hydrogen) atoms. The molecule has 10 nitrogen and oxygen atoms in total. The fraction of sp³-hybridized carbons (Fsp3) is 0.455. The van der Waals surface area contributed by atoms with Crippen LogP contribution in [0, 0.1) is 0 Å². The molecule has 0 unspecified atom stereocenters. The molecule has 2 aliphatic rings. The molecule has 4 aromatic heterocycles. The van der Waals surface area contributed by atoms with Gasteiger partial charge in [0.1, 0.15) is 17.6 Å². The second-order valence-corrected chi connectivity index (χ2v) is 8.36. The second-order valence-electron chi connectivity index (χ2n) is 8.36. The Labute approximate surface area is 185 Å². The van der Waals surface area contributed by atoms with Crippen LogP contribution in [-0.2, 0) is 4.74 Å². The number of aromatic nitrogens is 6. The number of imidazole rings is 1. The third-order valence-electron chi connectivity index (χ3n) is 6.26. The van der Waals surface area contributed by atoms with Gasteiger partial charge in [0.15, 0.2) is 0 Å². The van der Waals surface area contributed by atoms with Crippen LogP contribution in [0.4, 0.5) is 11.8 Å². The van der Waals surface area contributed by atoms with Gasteiger partial charge in [-0.2, -0.15) is 4.98 Å². The fourth-order valence-corrected chi connectivity index (χ4v) is 4.49. The van der Waals surface area contributed by atoms with Gasteiger partial charge in [-0.05, 0) is 31.7 Å². The van der Waals surface area contributed by atoms with Gasteiger partial charge in [-0.3, -0.25) is 4.40 Å². The smallest absolute Gasteiger partial charge is 0.304 e. The number of hydrogen-bond acceptors (Lipinski definition) is 8. The third kappa shape index (κ3) is 3.81. The van der Waals surface area contributed by atoms with Crippen molar-refractivity contribution in [2.45, 2.75) is 37.8 Å². The van der Waals surface area contributed by atoms with E-state index in [4.69, 9.17) is 14.5 Å². The van der Waals surface area contributed by atoms with E-state index < -0.39 is 0 Å². The summed E-state index contributed by atoms with van der Waals surface area (Å²) in [6, 6.07) is 4.92. The summed E-state index contributed by atoms with van der Waals surface area (Å²) in [5.41, 5.74) is 2.73. The van der Waals surface area contributed by atoms with E-state index in [9.17, 15) is 0 Å². The van der Waals surface area contributed by atoms with Crippen LogP contribution in [0.1, 0.15) is 25.7 Å². The summed E-state index contributed by atoms with van der Waals surface area (Å²) in [6.45, 7) is 3.10. The minimum atomic E-state index is 0.124. The molecule has 0 bridgehead atoms. The number of nitrogens with zero attached hydrogens (tertiary/aromatic N) is 6. The standard InChI is InChI=1S/C22H26N8O2/c1-3-16(4-2-15(1)26-21-25-14-18-17(27-21)5-6-23-18)32-22-28-20(29-9-11-31-12-10-29)13-19-24-7-8-30(19)22/h5-8,13-16,23H,1-4,9-12H2,(H,25,26,27)/t15-,16+. The van der Waals surface area contributed by atoms with Crippen molar-refractivity contribution in [3.8, 4) is 6.01 Å². The highest BCUT2D eigenvalue weighted by Crippen LogP contribution is 2.27. The zero-order chi connectivity index (χ0) is 21.3. The minimum Gasteiger partial charge on any atom is -0.461 e. The van der Waals surface area contributed by atoms with Crippen molar-refractivity contribution in [3.05, 3.63) is 36.9 Å². The Morgan fingerprint density at radius 1 is 1.09 bits per heavy atom. The highest BCUT2D eigenvalue weighted by atomic mass is 16.5. The van der Waals surface area contributed by atoms with Crippen molar-refractivity contribution in [1.82, 2.24) is 29.3 Å². The number of hydrogen-bond donors (Lipinski definition) is 2. The first-order valence-corrected chi connectivity index (χ1v) is 11.2. The molecule has 0 radical (unpaired) electrons. The van der Waals surface area contributed by atoms with Gasteiger partial charge in [0.2, 0.25) is 5.95 Å². The Hall–Kier alpha value is -3.40. The van der Waals surface area contributed by atoms with Crippen LogP contribution in [0.5, 0.6) is 6.01 Å². The molecule has 1 aliphatic heterocycles. The third-order valence-corrected chi connectivity index (χ3v) is 6.26. The minimum absolute atomic E-state index is 0.124. The number of anilines is 2. The zero-order valence-corrected chi connectivity index (χ0v) is 17.8. The molecule has 4 aromatic rings. The monoisotopic (exact) mass is 434 g/mol. The SMILES string of the molecule is c1cn2c(O[C@H]3CC[C@@H](Nc4ncc5[nH]ccc5n4)CC3)nc(N3CCOCC3)cc2n1. The van der Waals surface area contributed by atoms with Crippen LogP contribution >= 0.6 is 0 Å². The molecule has 166 valence electrons. The van der Waals surface area contributed by atoms with Crippen LogP contribution < -0.4 is 15.0 Å². The Morgan fingerprint density at radius 3 is 2.84 bits per heavy atom. The van der Waals surface area contributed by atoms with E-state index in [0.29, 0.717) is 18.0 Å². The quantitative estimate of drug-likeness (QED) is 0.494. The van der Waals surface area contributed by atoms with E-state index in [1.54, 1.807) is 6.20 Å². The number of nitrogens with one attached hydrogen (secondary N) is 2. The predicted octanol–water partition coefficient (Wildman–Crippen LogP) is 2.64. The lowest BCUT2D eigenvalue weighted by atomic mass is 9.93. The number of aromatic amines is 1. The number of ether oxygens (including phenoxy) is 2. The van der Waals surface area contributed by atoms with Crippen molar-refractivity contribution >= 4 is 28.4 Å². The number of morpholine rings is 1.